The molecule has 1 heterocycles. The zero-order valence-corrected chi connectivity index (χ0v) is 46.4. The summed E-state index contributed by atoms with van der Waals surface area (Å²) in [6, 6.07) is 0. The van der Waals surface area contributed by atoms with Gasteiger partial charge in [0.05, 0.1) is 39.6 Å². The van der Waals surface area contributed by atoms with E-state index in [9.17, 15) is 43.0 Å². The molecule has 0 aromatic heterocycles. The van der Waals surface area contributed by atoms with Gasteiger partial charge in [0.2, 0.25) is 17.7 Å². The van der Waals surface area contributed by atoms with Crippen LogP contribution in [0.1, 0.15) is 213 Å². The summed E-state index contributed by atoms with van der Waals surface area (Å²) in [4.78, 5) is 96.2. The van der Waals surface area contributed by atoms with Crippen LogP contribution in [0.4, 0.5) is 0 Å². The molecule has 0 aromatic rings. The predicted octanol–water partition coefficient (Wildman–Crippen LogP) is 9.01. The summed E-state index contributed by atoms with van der Waals surface area (Å²) >= 11 is 0. The van der Waals surface area contributed by atoms with E-state index in [4.69, 9.17) is 28.0 Å². The standard InChI is InChI=1S/C54H97N4O15P/c1-3-5-7-9-11-13-15-17-19-21-23-25-27-29-53(64)70-45-47(73-54(65)30-28-26-24-22-20-18-16-14-12-10-8-6-4-2)46-72-74(66,67)71-42-38-57-49(60)32-31-48(59)55-36-40-68-43-44-69-41-37-56-50(61)35-39-58-51(62)33-34-52(58)63/h33-34,47H,3-32,35-46H2,1-2H3,(H,55,59)(H,56,61)(H,57,60)(H,66,67). The van der Waals surface area contributed by atoms with Crippen LogP contribution in [0.3, 0.4) is 0 Å². The van der Waals surface area contributed by atoms with Gasteiger partial charge in [0.1, 0.15) is 6.61 Å². The maximum Gasteiger partial charge on any atom is 0.472 e. The highest BCUT2D eigenvalue weighted by atomic mass is 31.2. The van der Waals surface area contributed by atoms with E-state index in [1.807, 2.05) is 0 Å². The van der Waals surface area contributed by atoms with Gasteiger partial charge in [-0.25, -0.2) is 4.57 Å². The van der Waals surface area contributed by atoms with E-state index in [1.165, 1.54) is 116 Å². The van der Waals surface area contributed by atoms with Gasteiger partial charge in [-0.05, 0) is 12.8 Å². The van der Waals surface area contributed by atoms with Gasteiger partial charge < -0.3 is 39.8 Å². The molecule has 0 aliphatic carbocycles. The minimum atomic E-state index is -4.67. The number of nitrogens with one attached hydrogen (secondary N) is 3. The first-order valence-corrected chi connectivity index (χ1v) is 29.8. The third-order valence-electron chi connectivity index (χ3n) is 12.4. The number of esters is 2. The molecule has 1 aliphatic heterocycles. The van der Waals surface area contributed by atoms with Crippen molar-refractivity contribution in [2.75, 3.05) is 72.4 Å². The Morgan fingerprint density at radius 3 is 1.30 bits per heavy atom. The minimum Gasteiger partial charge on any atom is -0.462 e. The maximum atomic E-state index is 12.8. The Hall–Kier alpha value is -3.74. The molecule has 0 saturated heterocycles. The molecular weight excluding hydrogens is 976 g/mol. The quantitative estimate of drug-likeness (QED) is 0.0192. The second-order valence-corrected chi connectivity index (χ2v) is 20.5. The monoisotopic (exact) mass is 1070 g/mol. The van der Waals surface area contributed by atoms with E-state index >= 15 is 0 Å². The number of unbranched alkanes of at least 4 members (excludes halogenated alkanes) is 24. The first-order chi connectivity index (χ1) is 35.9. The molecular formula is C54H97N4O15P. The van der Waals surface area contributed by atoms with Gasteiger partial charge in [0.25, 0.3) is 11.8 Å². The second kappa shape index (κ2) is 47.7. The number of phosphoric ester groups is 1. The second-order valence-electron chi connectivity index (χ2n) is 19.1. The largest absolute Gasteiger partial charge is 0.472 e. The van der Waals surface area contributed by atoms with Crippen molar-refractivity contribution in [3.8, 4) is 0 Å². The number of rotatable bonds is 53. The summed E-state index contributed by atoms with van der Waals surface area (Å²) in [6.45, 7) is 4.42. The lowest BCUT2D eigenvalue weighted by Crippen LogP contribution is -2.35. The number of amides is 5. The van der Waals surface area contributed by atoms with Crippen molar-refractivity contribution in [3.63, 3.8) is 0 Å². The number of ether oxygens (including phenoxy) is 4. The van der Waals surface area contributed by atoms with Gasteiger partial charge >= 0.3 is 19.8 Å². The lowest BCUT2D eigenvalue weighted by Gasteiger charge is -2.20. The van der Waals surface area contributed by atoms with Gasteiger partial charge in [-0.2, -0.15) is 0 Å². The first-order valence-electron chi connectivity index (χ1n) is 28.3. The summed E-state index contributed by atoms with van der Waals surface area (Å²) in [5, 5.41) is 7.79. The van der Waals surface area contributed by atoms with E-state index < -0.39 is 50.2 Å². The van der Waals surface area contributed by atoms with Crippen molar-refractivity contribution < 1.29 is 71.0 Å². The molecule has 0 fully saturated rings. The van der Waals surface area contributed by atoms with Gasteiger partial charge in [0.15, 0.2) is 6.10 Å². The maximum absolute atomic E-state index is 12.8. The average molecular weight is 1070 g/mol. The van der Waals surface area contributed by atoms with Crippen molar-refractivity contribution in [1.29, 1.82) is 0 Å². The van der Waals surface area contributed by atoms with Crippen molar-refractivity contribution in [2.24, 2.45) is 0 Å². The molecule has 0 spiro atoms. The number of hydrogen-bond acceptors (Lipinski definition) is 14. The molecule has 5 amide bonds. The van der Waals surface area contributed by atoms with E-state index in [1.54, 1.807) is 0 Å². The van der Waals surface area contributed by atoms with Crippen LogP contribution in [-0.4, -0.2) is 130 Å². The summed E-state index contributed by atoms with van der Waals surface area (Å²) in [6.07, 6.45) is 31.9. The van der Waals surface area contributed by atoms with Crippen molar-refractivity contribution in [1.82, 2.24) is 20.9 Å². The third-order valence-corrected chi connectivity index (χ3v) is 13.3. The number of carbonyl (C=O) groups is 7. The van der Waals surface area contributed by atoms with Crippen molar-refractivity contribution in [2.45, 2.75) is 219 Å². The van der Waals surface area contributed by atoms with Gasteiger partial charge in [-0.1, -0.05) is 168 Å². The van der Waals surface area contributed by atoms with Gasteiger partial charge in [-0.15, -0.1) is 0 Å². The Balaban J connectivity index is 2.30. The molecule has 428 valence electrons. The number of imide groups is 1. The molecule has 20 heteroatoms. The normalized spacial score (nSPS) is 13.5. The summed E-state index contributed by atoms with van der Waals surface area (Å²) < 4.78 is 44.6. The lowest BCUT2D eigenvalue weighted by atomic mass is 10.0. The summed E-state index contributed by atoms with van der Waals surface area (Å²) in [5.74, 6) is -3.01. The average Bonchev–Trinajstić information content (AvgIpc) is 3.70. The molecule has 0 bridgehead atoms. The molecule has 19 nitrogen and oxygen atoms in total. The van der Waals surface area contributed by atoms with E-state index in [0.29, 0.717) is 12.8 Å². The molecule has 0 radical (unpaired) electrons. The molecule has 1 rings (SSSR count). The summed E-state index contributed by atoms with van der Waals surface area (Å²) in [5.41, 5.74) is 0. The SMILES string of the molecule is CCCCCCCCCCCCCCCC(=O)OCC(COP(=O)(O)OCCNC(=O)CCC(=O)NCCOCCOCCNC(=O)CCN1C(=O)C=CC1=O)OC(=O)CCCCCCCCCCCCCCC. The summed E-state index contributed by atoms with van der Waals surface area (Å²) in [7, 11) is -4.67. The Morgan fingerprint density at radius 2 is 0.865 bits per heavy atom. The Labute approximate surface area is 443 Å². The fraction of sp³-hybridized carbons (Fsp3) is 0.833. The Bertz CT molecular complexity index is 1580. The third kappa shape index (κ3) is 42.5. The molecule has 0 aromatic carbocycles. The fourth-order valence-corrected chi connectivity index (χ4v) is 8.71. The predicted molar refractivity (Wildman–Crippen MR) is 284 cm³/mol. The number of phosphoric acid groups is 1. The molecule has 1 aliphatic rings. The van der Waals surface area contributed by atoms with Crippen LogP contribution < -0.4 is 16.0 Å². The van der Waals surface area contributed by atoms with Crippen LogP contribution >= 0.6 is 7.82 Å². The van der Waals surface area contributed by atoms with Gasteiger partial charge in [0, 0.05) is 70.4 Å². The molecule has 2 unspecified atom stereocenters. The van der Waals surface area contributed by atoms with Crippen LogP contribution in [-0.2, 0) is 66.1 Å². The van der Waals surface area contributed by atoms with E-state index in [-0.39, 0.29) is 110 Å². The minimum absolute atomic E-state index is 0.00476. The molecule has 74 heavy (non-hydrogen) atoms. The highest BCUT2D eigenvalue weighted by Crippen LogP contribution is 2.43. The Kier molecular flexibility index (Phi) is 44.0. The van der Waals surface area contributed by atoms with Crippen LogP contribution in [0, 0.1) is 0 Å². The van der Waals surface area contributed by atoms with Crippen molar-refractivity contribution >= 4 is 49.3 Å². The van der Waals surface area contributed by atoms with E-state index in [0.717, 1.165) is 55.6 Å². The van der Waals surface area contributed by atoms with Gasteiger partial charge in [-0.3, -0.25) is 47.5 Å². The zero-order chi connectivity index (χ0) is 54.2. The molecule has 4 N–H and O–H groups in total. The van der Waals surface area contributed by atoms with Crippen LogP contribution in [0.25, 0.3) is 0 Å². The molecule has 0 saturated carbocycles. The molecule has 2 atom stereocenters. The zero-order valence-electron chi connectivity index (χ0n) is 45.5. The number of nitrogens with zero attached hydrogens (tertiary/aromatic N) is 1. The van der Waals surface area contributed by atoms with Crippen LogP contribution in [0.15, 0.2) is 12.2 Å². The first kappa shape index (κ1) is 68.3. The fourth-order valence-electron chi connectivity index (χ4n) is 7.96. The Morgan fingerprint density at radius 1 is 0.486 bits per heavy atom. The number of carbonyl (C=O) groups excluding carboxylic acids is 7. The van der Waals surface area contributed by atoms with Crippen molar-refractivity contribution in [3.05, 3.63) is 12.2 Å². The van der Waals surface area contributed by atoms with Crippen LogP contribution in [0.5, 0.6) is 0 Å². The topological polar surface area (TPSA) is 251 Å². The lowest BCUT2D eigenvalue weighted by molar-refractivity contribution is -0.161. The highest BCUT2D eigenvalue weighted by molar-refractivity contribution is 7.47. The smallest absolute Gasteiger partial charge is 0.462 e. The number of hydrogen-bond donors (Lipinski definition) is 4. The highest BCUT2D eigenvalue weighted by Gasteiger charge is 2.27. The van der Waals surface area contributed by atoms with E-state index in [2.05, 4.69) is 29.8 Å². The van der Waals surface area contributed by atoms with Crippen LogP contribution in [0.2, 0.25) is 0 Å².